The molecule has 1 fully saturated rings. The first-order valence-corrected chi connectivity index (χ1v) is 11.0. The zero-order valence-electron chi connectivity index (χ0n) is 20.0. The van der Waals surface area contributed by atoms with Gasteiger partial charge in [-0.1, -0.05) is 6.07 Å². The number of hydrogen-bond donors (Lipinski definition) is 1. The summed E-state index contributed by atoms with van der Waals surface area (Å²) in [5.41, 5.74) is 1.15. The van der Waals surface area contributed by atoms with Crippen molar-refractivity contribution >= 4 is 29.9 Å². The number of aliphatic imine (C=N–C) groups is 1. The molecular formula is C23H41IN4O3. The maximum atomic E-state index is 5.49. The Morgan fingerprint density at radius 1 is 1.16 bits per heavy atom. The molecule has 0 amide bonds. The molecule has 0 aromatic heterocycles. The first-order valence-electron chi connectivity index (χ1n) is 11.0. The summed E-state index contributed by atoms with van der Waals surface area (Å²) in [4.78, 5) is 9.41. The van der Waals surface area contributed by atoms with Gasteiger partial charge in [-0.2, -0.15) is 0 Å². The third kappa shape index (κ3) is 8.65. The molecule has 1 aliphatic heterocycles. The van der Waals surface area contributed by atoms with Crippen LogP contribution in [0.1, 0.15) is 37.8 Å². The van der Waals surface area contributed by atoms with Crippen molar-refractivity contribution in [1.29, 1.82) is 0 Å². The molecule has 1 unspecified atom stereocenters. The van der Waals surface area contributed by atoms with Crippen LogP contribution in [0.25, 0.3) is 0 Å². The van der Waals surface area contributed by atoms with Gasteiger partial charge in [0, 0.05) is 33.4 Å². The second-order valence-electron chi connectivity index (χ2n) is 8.05. The number of methoxy groups -OCH3 is 2. The lowest BCUT2D eigenvalue weighted by Crippen LogP contribution is -2.40. The zero-order chi connectivity index (χ0) is 21.9. The highest BCUT2D eigenvalue weighted by atomic mass is 127. The van der Waals surface area contributed by atoms with E-state index in [4.69, 9.17) is 19.2 Å². The Hall–Kier alpha value is -1.26. The summed E-state index contributed by atoms with van der Waals surface area (Å²) < 4.78 is 16.4. The fraction of sp³-hybridized carbons (Fsp3) is 0.696. The van der Waals surface area contributed by atoms with Gasteiger partial charge in [-0.25, -0.2) is 0 Å². The van der Waals surface area contributed by atoms with Crippen molar-refractivity contribution in [1.82, 2.24) is 15.1 Å². The molecule has 0 aliphatic carbocycles. The van der Waals surface area contributed by atoms with Gasteiger partial charge in [0.05, 0.1) is 26.8 Å². The topological polar surface area (TPSA) is 58.6 Å². The minimum atomic E-state index is 0. The quantitative estimate of drug-likeness (QED) is 0.274. The van der Waals surface area contributed by atoms with Crippen LogP contribution >= 0.6 is 24.0 Å². The second-order valence-corrected chi connectivity index (χ2v) is 8.05. The third-order valence-corrected chi connectivity index (χ3v) is 5.74. The molecule has 1 N–H and O–H groups in total. The number of guanidine groups is 1. The van der Waals surface area contributed by atoms with Gasteiger partial charge in [0.15, 0.2) is 17.5 Å². The molecule has 0 spiro atoms. The lowest BCUT2D eigenvalue weighted by molar-refractivity contribution is 0.0625. The molecule has 0 bridgehead atoms. The van der Waals surface area contributed by atoms with E-state index in [1.165, 1.54) is 19.3 Å². The Labute approximate surface area is 205 Å². The molecule has 1 atom stereocenters. The molecule has 178 valence electrons. The van der Waals surface area contributed by atoms with Gasteiger partial charge < -0.3 is 29.3 Å². The number of nitrogens with zero attached hydrogens (tertiary/aromatic N) is 3. The summed E-state index contributed by atoms with van der Waals surface area (Å²) in [6.07, 6.45) is 3.52. The van der Waals surface area contributed by atoms with Crippen molar-refractivity contribution in [2.45, 2.75) is 32.2 Å². The van der Waals surface area contributed by atoms with Crippen molar-refractivity contribution in [3.8, 4) is 11.5 Å². The van der Waals surface area contributed by atoms with Crippen LogP contribution in [0.15, 0.2) is 23.2 Å². The van der Waals surface area contributed by atoms with Crippen molar-refractivity contribution in [2.75, 3.05) is 68.2 Å². The van der Waals surface area contributed by atoms with Gasteiger partial charge in [-0.3, -0.25) is 4.99 Å². The number of nitrogens with one attached hydrogen (secondary N) is 1. The van der Waals surface area contributed by atoms with E-state index in [-0.39, 0.29) is 30.0 Å². The summed E-state index contributed by atoms with van der Waals surface area (Å²) in [7, 11) is 9.62. The van der Waals surface area contributed by atoms with E-state index in [2.05, 4.69) is 49.2 Å². The Kier molecular flexibility index (Phi) is 13.2. The Morgan fingerprint density at radius 2 is 1.84 bits per heavy atom. The average Bonchev–Trinajstić information content (AvgIpc) is 2.77. The molecule has 31 heavy (non-hydrogen) atoms. The van der Waals surface area contributed by atoms with Crippen LogP contribution < -0.4 is 14.8 Å². The summed E-state index contributed by atoms with van der Waals surface area (Å²) in [5, 5.41) is 3.44. The zero-order valence-corrected chi connectivity index (χ0v) is 22.3. The normalized spacial score (nSPS) is 15.9. The predicted molar refractivity (Wildman–Crippen MR) is 138 cm³/mol. The van der Waals surface area contributed by atoms with Gasteiger partial charge in [-0.15, -0.1) is 24.0 Å². The van der Waals surface area contributed by atoms with E-state index in [9.17, 15) is 0 Å². The SMILES string of the molecule is CCNC(=NCC(c1ccc(OC)c(OC)c1)N(C)C)N(C)CCC1CCOCC1.I. The van der Waals surface area contributed by atoms with Gasteiger partial charge in [-0.05, 0) is 63.9 Å². The van der Waals surface area contributed by atoms with Crippen molar-refractivity contribution in [2.24, 2.45) is 10.9 Å². The summed E-state index contributed by atoms with van der Waals surface area (Å²) in [6, 6.07) is 6.23. The van der Waals surface area contributed by atoms with E-state index in [0.717, 1.165) is 55.2 Å². The van der Waals surface area contributed by atoms with Gasteiger partial charge >= 0.3 is 0 Å². The molecule has 1 aromatic rings. The standard InChI is InChI=1S/C23H40N4O3.HI/c1-7-24-23(27(4)13-10-18-11-14-30-15-12-18)25-17-20(26(2)3)19-8-9-21(28-5)22(16-19)29-6;/h8-9,16,18,20H,7,10-15,17H2,1-6H3,(H,24,25);1H. The molecule has 8 heteroatoms. The Bertz CT molecular complexity index is 666. The fourth-order valence-corrected chi connectivity index (χ4v) is 3.79. The monoisotopic (exact) mass is 548 g/mol. The van der Waals surface area contributed by atoms with Gasteiger partial charge in [0.1, 0.15) is 0 Å². The fourth-order valence-electron chi connectivity index (χ4n) is 3.79. The number of halogens is 1. The van der Waals surface area contributed by atoms with E-state index >= 15 is 0 Å². The third-order valence-electron chi connectivity index (χ3n) is 5.74. The summed E-state index contributed by atoms with van der Waals surface area (Å²) >= 11 is 0. The van der Waals surface area contributed by atoms with Crippen LogP contribution in [0.3, 0.4) is 0 Å². The number of benzene rings is 1. The highest BCUT2D eigenvalue weighted by Gasteiger charge is 2.18. The van der Waals surface area contributed by atoms with Crippen molar-refractivity contribution in [3.63, 3.8) is 0 Å². The number of ether oxygens (including phenoxy) is 3. The maximum absolute atomic E-state index is 5.49. The molecule has 2 rings (SSSR count). The van der Waals surface area contributed by atoms with Crippen molar-refractivity contribution < 1.29 is 14.2 Å². The molecule has 0 saturated carbocycles. The van der Waals surface area contributed by atoms with Crippen LogP contribution in [-0.4, -0.2) is 84.0 Å². The lowest BCUT2D eigenvalue weighted by Gasteiger charge is -2.28. The molecule has 0 radical (unpaired) electrons. The number of rotatable bonds is 10. The summed E-state index contributed by atoms with van der Waals surface area (Å²) in [6.45, 7) is 6.42. The summed E-state index contributed by atoms with van der Waals surface area (Å²) in [5.74, 6) is 3.19. The minimum absolute atomic E-state index is 0. The van der Waals surface area contributed by atoms with E-state index in [1.807, 2.05) is 12.1 Å². The highest BCUT2D eigenvalue weighted by Crippen LogP contribution is 2.31. The highest BCUT2D eigenvalue weighted by molar-refractivity contribution is 14.0. The largest absolute Gasteiger partial charge is 0.493 e. The first kappa shape index (κ1) is 27.8. The molecule has 1 aliphatic rings. The van der Waals surface area contributed by atoms with Crippen LogP contribution in [0.2, 0.25) is 0 Å². The number of likely N-dealkylation sites (N-methyl/N-ethyl adjacent to an activating group) is 1. The number of hydrogen-bond acceptors (Lipinski definition) is 5. The molecule has 1 saturated heterocycles. The van der Waals surface area contributed by atoms with Crippen LogP contribution in [-0.2, 0) is 4.74 Å². The maximum Gasteiger partial charge on any atom is 0.193 e. The molecule has 1 aromatic carbocycles. The van der Waals surface area contributed by atoms with Gasteiger partial charge in [0.2, 0.25) is 0 Å². The van der Waals surface area contributed by atoms with Crippen molar-refractivity contribution in [3.05, 3.63) is 23.8 Å². The van der Waals surface area contributed by atoms with E-state index in [1.54, 1.807) is 14.2 Å². The predicted octanol–water partition coefficient (Wildman–Crippen LogP) is 3.64. The molecule has 7 nitrogen and oxygen atoms in total. The van der Waals surface area contributed by atoms with Crippen LogP contribution in [0.4, 0.5) is 0 Å². The van der Waals surface area contributed by atoms with Crippen LogP contribution in [0.5, 0.6) is 11.5 Å². The lowest BCUT2D eigenvalue weighted by atomic mass is 9.96. The van der Waals surface area contributed by atoms with Gasteiger partial charge in [0.25, 0.3) is 0 Å². The van der Waals surface area contributed by atoms with E-state index in [0.29, 0.717) is 6.54 Å². The van der Waals surface area contributed by atoms with Crippen LogP contribution in [0, 0.1) is 5.92 Å². The smallest absolute Gasteiger partial charge is 0.193 e. The minimum Gasteiger partial charge on any atom is -0.493 e. The Balaban J connectivity index is 0.00000480. The first-order chi connectivity index (χ1) is 14.5. The Morgan fingerprint density at radius 3 is 2.42 bits per heavy atom. The average molecular weight is 549 g/mol. The van der Waals surface area contributed by atoms with E-state index < -0.39 is 0 Å². The molecular weight excluding hydrogens is 507 g/mol. The molecule has 1 heterocycles. The second kappa shape index (κ2) is 14.7.